The van der Waals surface area contributed by atoms with Gasteiger partial charge in [0.2, 0.25) is 0 Å². The van der Waals surface area contributed by atoms with E-state index in [2.05, 4.69) is 9.97 Å². The van der Waals surface area contributed by atoms with E-state index in [1.807, 2.05) is 50.2 Å². The number of aromatic hydroxyl groups is 1. The van der Waals surface area contributed by atoms with Crippen molar-refractivity contribution in [1.29, 1.82) is 0 Å². The van der Waals surface area contributed by atoms with E-state index in [-0.39, 0.29) is 5.75 Å². The topological polar surface area (TPSA) is 55.2 Å². The van der Waals surface area contributed by atoms with Crippen molar-refractivity contribution in [3.63, 3.8) is 0 Å². The van der Waals surface area contributed by atoms with Gasteiger partial charge in [-0.2, -0.15) is 0 Å². The Bertz CT molecular complexity index is 866. The Balaban J connectivity index is 1.87. The molecule has 5 heteroatoms. The molecule has 2 unspecified atom stereocenters. The van der Waals surface area contributed by atoms with E-state index in [1.165, 1.54) is 0 Å². The fraction of sp³-hybridized carbons (Fsp3) is 0.273. The number of aromatic nitrogens is 2. The molecule has 0 saturated carbocycles. The maximum atomic E-state index is 14.1. The van der Waals surface area contributed by atoms with Crippen LogP contribution in [0, 0.1) is 0 Å². The van der Waals surface area contributed by atoms with Gasteiger partial charge in [0.25, 0.3) is 0 Å². The molecular formula is C22H23FN2O2. The second-order valence-electron chi connectivity index (χ2n) is 6.33. The van der Waals surface area contributed by atoms with Gasteiger partial charge in [0, 0.05) is 18.0 Å². The lowest BCUT2D eigenvalue weighted by molar-refractivity contribution is 0.0941. The van der Waals surface area contributed by atoms with Crippen LogP contribution in [0.1, 0.15) is 26.7 Å². The average Bonchev–Trinajstić information content (AvgIpc) is 2.72. The van der Waals surface area contributed by atoms with Gasteiger partial charge in [-0.3, -0.25) is 0 Å². The predicted octanol–water partition coefficient (Wildman–Crippen LogP) is 5.42. The Labute approximate surface area is 158 Å². The van der Waals surface area contributed by atoms with Crippen molar-refractivity contribution in [3.8, 4) is 34.0 Å². The van der Waals surface area contributed by atoms with Crippen molar-refractivity contribution in [1.82, 2.24) is 9.97 Å². The van der Waals surface area contributed by atoms with Gasteiger partial charge < -0.3 is 9.84 Å². The van der Waals surface area contributed by atoms with E-state index >= 15 is 0 Å². The van der Waals surface area contributed by atoms with Crippen LogP contribution in [0.2, 0.25) is 0 Å². The summed E-state index contributed by atoms with van der Waals surface area (Å²) in [5.41, 5.74) is 2.49. The molecule has 0 aliphatic carbocycles. The van der Waals surface area contributed by atoms with Crippen LogP contribution in [0.3, 0.4) is 0 Å². The van der Waals surface area contributed by atoms with Crippen LogP contribution >= 0.6 is 0 Å². The van der Waals surface area contributed by atoms with Crippen LogP contribution in [0.15, 0.2) is 60.9 Å². The molecule has 27 heavy (non-hydrogen) atoms. The predicted molar refractivity (Wildman–Crippen MR) is 104 cm³/mol. The van der Waals surface area contributed by atoms with Gasteiger partial charge >= 0.3 is 0 Å². The minimum Gasteiger partial charge on any atom is -0.508 e. The zero-order valence-electron chi connectivity index (χ0n) is 15.5. The average molecular weight is 366 g/mol. The van der Waals surface area contributed by atoms with Gasteiger partial charge in [0.05, 0.1) is 5.56 Å². The summed E-state index contributed by atoms with van der Waals surface area (Å²) < 4.78 is 20.1. The van der Waals surface area contributed by atoms with Crippen molar-refractivity contribution >= 4 is 0 Å². The molecule has 0 saturated heterocycles. The highest BCUT2D eigenvalue weighted by atomic mass is 19.1. The van der Waals surface area contributed by atoms with Gasteiger partial charge in [-0.25, -0.2) is 14.4 Å². The zero-order chi connectivity index (χ0) is 19.2. The van der Waals surface area contributed by atoms with Crippen molar-refractivity contribution in [2.24, 2.45) is 0 Å². The molecule has 0 aliphatic heterocycles. The summed E-state index contributed by atoms with van der Waals surface area (Å²) in [7, 11) is 0. The minimum atomic E-state index is -1.01. The van der Waals surface area contributed by atoms with E-state index in [4.69, 9.17) is 4.74 Å². The Kier molecular flexibility index (Phi) is 6.01. The van der Waals surface area contributed by atoms with Crippen molar-refractivity contribution in [2.45, 2.75) is 39.0 Å². The molecule has 0 aliphatic rings. The van der Waals surface area contributed by atoms with Crippen molar-refractivity contribution in [2.75, 3.05) is 0 Å². The van der Waals surface area contributed by atoms with Crippen LogP contribution < -0.4 is 4.74 Å². The molecule has 0 spiro atoms. The van der Waals surface area contributed by atoms with E-state index in [9.17, 15) is 9.50 Å². The standard InChI is InChI=1S/C22H23FN2O2/c1-3-19(23)20(4-2)27-21-8-6-5-7-18(21)22-24-13-16(14-25-22)15-9-11-17(26)12-10-15/h5-14,19-20,26H,3-4H2,1-2H3. The largest absolute Gasteiger partial charge is 0.508 e. The molecule has 0 fully saturated rings. The first kappa shape index (κ1) is 18.8. The highest BCUT2D eigenvalue weighted by Gasteiger charge is 2.21. The Hall–Kier alpha value is -2.95. The summed E-state index contributed by atoms with van der Waals surface area (Å²) in [5.74, 6) is 1.32. The molecule has 0 amide bonds. The number of benzene rings is 2. The number of alkyl halides is 1. The van der Waals surface area contributed by atoms with Gasteiger partial charge in [-0.15, -0.1) is 0 Å². The molecule has 1 N–H and O–H groups in total. The maximum absolute atomic E-state index is 14.1. The first-order chi connectivity index (χ1) is 13.1. The zero-order valence-corrected chi connectivity index (χ0v) is 15.5. The Morgan fingerprint density at radius 2 is 1.59 bits per heavy atom. The molecule has 0 radical (unpaired) electrons. The van der Waals surface area contributed by atoms with Crippen molar-refractivity contribution < 1.29 is 14.2 Å². The highest BCUT2D eigenvalue weighted by Crippen LogP contribution is 2.30. The van der Waals surface area contributed by atoms with Crippen LogP contribution in [-0.4, -0.2) is 27.4 Å². The summed E-state index contributed by atoms with van der Waals surface area (Å²) in [6, 6.07) is 14.3. The number of nitrogens with zero attached hydrogens (tertiary/aromatic N) is 2. The Morgan fingerprint density at radius 3 is 2.22 bits per heavy atom. The van der Waals surface area contributed by atoms with E-state index in [0.29, 0.717) is 24.4 Å². The minimum absolute atomic E-state index is 0.214. The quantitative estimate of drug-likeness (QED) is 0.606. The fourth-order valence-corrected chi connectivity index (χ4v) is 2.86. The molecule has 140 valence electrons. The summed E-state index contributed by atoms with van der Waals surface area (Å²) in [5, 5.41) is 9.40. The first-order valence-corrected chi connectivity index (χ1v) is 9.14. The molecule has 2 atom stereocenters. The monoisotopic (exact) mass is 366 g/mol. The molecule has 0 bridgehead atoms. The number of rotatable bonds is 7. The second-order valence-corrected chi connectivity index (χ2v) is 6.33. The Morgan fingerprint density at radius 1 is 0.926 bits per heavy atom. The summed E-state index contributed by atoms with van der Waals surface area (Å²) in [4.78, 5) is 8.92. The van der Waals surface area contributed by atoms with E-state index in [0.717, 1.165) is 16.7 Å². The lowest BCUT2D eigenvalue weighted by Gasteiger charge is -2.22. The number of phenolic OH excluding ortho intramolecular Hbond substituents is 1. The van der Waals surface area contributed by atoms with Crippen LogP contribution in [-0.2, 0) is 0 Å². The van der Waals surface area contributed by atoms with Crippen LogP contribution in [0.4, 0.5) is 4.39 Å². The van der Waals surface area contributed by atoms with Gasteiger partial charge in [0.15, 0.2) is 5.82 Å². The molecule has 3 aromatic rings. The lowest BCUT2D eigenvalue weighted by atomic mass is 10.1. The normalized spacial score (nSPS) is 13.1. The number of hydrogen-bond donors (Lipinski definition) is 1. The van der Waals surface area contributed by atoms with E-state index in [1.54, 1.807) is 24.5 Å². The van der Waals surface area contributed by atoms with Gasteiger partial charge in [0.1, 0.15) is 23.8 Å². The number of halogens is 1. The number of para-hydroxylation sites is 1. The second kappa shape index (κ2) is 8.62. The third kappa shape index (κ3) is 4.42. The molecule has 3 rings (SSSR count). The number of phenols is 1. The van der Waals surface area contributed by atoms with E-state index < -0.39 is 12.3 Å². The molecular weight excluding hydrogens is 343 g/mol. The number of hydrogen-bond acceptors (Lipinski definition) is 4. The third-order valence-electron chi connectivity index (χ3n) is 4.45. The molecule has 1 aromatic heterocycles. The van der Waals surface area contributed by atoms with Crippen molar-refractivity contribution in [3.05, 3.63) is 60.9 Å². The lowest BCUT2D eigenvalue weighted by Crippen LogP contribution is -2.27. The molecule has 4 nitrogen and oxygen atoms in total. The first-order valence-electron chi connectivity index (χ1n) is 9.14. The molecule has 2 aromatic carbocycles. The summed E-state index contributed by atoms with van der Waals surface area (Å²) >= 11 is 0. The fourth-order valence-electron chi connectivity index (χ4n) is 2.86. The smallest absolute Gasteiger partial charge is 0.162 e. The van der Waals surface area contributed by atoms with Gasteiger partial charge in [-0.1, -0.05) is 38.1 Å². The van der Waals surface area contributed by atoms with Gasteiger partial charge in [-0.05, 0) is 42.7 Å². The van der Waals surface area contributed by atoms with Crippen LogP contribution in [0.5, 0.6) is 11.5 Å². The summed E-state index contributed by atoms with van der Waals surface area (Å²) in [6.07, 6.45) is 2.95. The van der Waals surface area contributed by atoms with Crippen LogP contribution in [0.25, 0.3) is 22.5 Å². The molecule has 1 heterocycles. The summed E-state index contributed by atoms with van der Waals surface area (Å²) in [6.45, 7) is 3.73. The maximum Gasteiger partial charge on any atom is 0.162 e. The number of ether oxygens (including phenoxy) is 1. The SMILES string of the molecule is CCC(F)C(CC)Oc1ccccc1-c1ncc(-c2ccc(O)cc2)cn1. The highest BCUT2D eigenvalue weighted by molar-refractivity contribution is 5.67. The third-order valence-corrected chi connectivity index (χ3v) is 4.45.